The number of alkyl halides is 3. The Labute approximate surface area is 112 Å². The quantitative estimate of drug-likeness (QED) is 0.571. The molecule has 0 spiro atoms. The van der Waals surface area contributed by atoms with Gasteiger partial charge in [0.25, 0.3) is 0 Å². The van der Waals surface area contributed by atoms with Crippen LogP contribution in [-0.2, 0) is 0 Å². The molecule has 2 atom stereocenters. The van der Waals surface area contributed by atoms with Crippen molar-refractivity contribution in [3.8, 4) is 0 Å². The van der Waals surface area contributed by atoms with Crippen molar-refractivity contribution in [1.29, 1.82) is 0 Å². The molecule has 0 radical (unpaired) electrons. The Morgan fingerprint density at radius 1 is 1.42 bits per heavy atom. The van der Waals surface area contributed by atoms with Crippen molar-refractivity contribution in [3.63, 3.8) is 0 Å². The number of rotatable bonds is 6. The molecule has 1 saturated carbocycles. The molecule has 0 aromatic rings. The maximum atomic E-state index is 12.1. The summed E-state index contributed by atoms with van der Waals surface area (Å²) >= 11 is 0. The van der Waals surface area contributed by atoms with E-state index in [0.717, 1.165) is 13.0 Å². The van der Waals surface area contributed by atoms with Gasteiger partial charge in [0.2, 0.25) is 0 Å². The molecule has 1 fully saturated rings. The summed E-state index contributed by atoms with van der Waals surface area (Å²) in [5, 5.41) is 6.36. The van der Waals surface area contributed by atoms with E-state index in [4.69, 9.17) is 0 Å². The van der Waals surface area contributed by atoms with Gasteiger partial charge in [-0.3, -0.25) is 9.89 Å². The van der Waals surface area contributed by atoms with E-state index in [9.17, 15) is 13.2 Å². The van der Waals surface area contributed by atoms with Gasteiger partial charge in [0.1, 0.15) is 0 Å². The predicted octanol–water partition coefficient (Wildman–Crippen LogP) is 1.44. The summed E-state index contributed by atoms with van der Waals surface area (Å²) in [6.07, 6.45) is -3.02. The highest BCUT2D eigenvalue weighted by atomic mass is 19.4. The smallest absolute Gasteiger partial charge is 0.357 e. The lowest BCUT2D eigenvalue weighted by molar-refractivity contribution is -0.142. The second-order valence-corrected chi connectivity index (χ2v) is 5.08. The first kappa shape index (κ1) is 16.1. The zero-order valence-electron chi connectivity index (χ0n) is 11.7. The number of guanidine groups is 1. The van der Waals surface area contributed by atoms with Crippen LogP contribution >= 0.6 is 0 Å². The van der Waals surface area contributed by atoms with Crippen LogP contribution in [-0.4, -0.2) is 56.3 Å². The lowest BCUT2D eigenvalue weighted by Gasteiger charge is -2.17. The van der Waals surface area contributed by atoms with Crippen LogP contribution in [0, 0.1) is 5.92 Å². The van der Waals surface area contributed by atoms with Gasteiger partial charge < -0.3 is 10.6 Å². The molecule has 1 aliphatic rings. The third kappa shape index (κ3) is 7.25. The van der Waals surface area contributed by atoms with Gasteiger partial charge in [0, 0.05) is 19.1 Å². The van der Waals surface area contributed by atoms with E-state index in [1.165, 1.54) is 11.9 Å². The van der Waals surface area contributed by atoms with Crippen LogP contribution in [0.5, 0.6) is 0 Å². The van der Waals surface area contributed by atoms with Crippen molar-refractivity contribution in [2.24, 2.45) is 10.9 Å². The second-order valence-electron chi connectivity index (χ2n) is 5.08. The number of likely N-dealkylation sites (N-methyl/N-ethyl adjacent to an activating group) is 1. The summed E-state index contributed by atoms with van der Waals surface area (Å²) in [4.78, 5) is 5.51. The molecule has 0 amide bonds. The first-order chi connectivity index (χ1) is 8.81. The van der Waals surface area contributed by atoms with E-state index in [1.807, 2.05) is 6.92 Å². The standard InChI is InChI=1S/C12H23F3N4/c1-4-16-11(18-10-7-9(10)2)17-5-6-19(3)8-12(13,14)15/h9-10H,4-8H2,1-3H3,(H2,16,17,18). The summed E-state index contributed by atoms with van der Waals surface area (Å²) < 4.78 is 36.4. The fraction of sp³-hybridized carbons (Fsp3) is 0.917. The van der Waals surface area contributed by atoms with Gasteiger partial charge in [-0.05, 0) is 26.3 Å². The molecule has 1 aliphatic carbocycles. The van der Waals surface area contributed by atoms with E-state index >= 15 is 0 Å². The van der Waals surface area contributed by atoms with Crippen molar-refractivity contribution < 1.29 is 13.2 Å². The molecule has 1 rings (SSSR count). The van der Waals surface area contributed by atoms with Crippen molar-refractivity contribution in [1.82, 2.24) is 15.5 Å². The molecule has 0 aromatic carbocycles. The third-order valence-electron chi connectivity index (χ3n) is 2.98. The van der Waals surface area contributed by atoms with Crippen LogP contribution in [0.25, 0.3) is 0 Å². The van der Waals surface area contributed by atoms with Crippen LogP contribution in [0.3, 0.4) is 0 Å². The fourth-order valence-corrected chi connectivity index (χ4v) is 1.74. The summed E-state index contributed by atoms with van der Waals surface area (Å²) in [7, 11) is 1.45. The van der Waals surface area contributed by atoms with Crippen LogP contribution < -0.4 is 10.6 Å². The third-order valence-corrected chi connectivity index (χ3v) is 2.98. The Hall–Kier alpha value is -0.980. The first-order valence-electron chi connectivity index (χ1n) is 6.62. The van der Waals surface area contributed by atoms with E-state index in [0.29, 0.717) is 24.5 Å². The van der Waals surface area contributed by atoms with Gasteiger partial charge in [0.05, 0.1) is 13.1 Å². The minimum atomic E-state index is -4.15. The summed E-state index contributed by atoms with van der Waals surface area (Å²) in [5.74, 6) is 1.34. The summed E-state index contributed by atoms with van der Waals surface area (Å²) in [6, 6.07) is 0.450. The average molecular weight is 280 g/mol. The molecule has 2 unspecified atom stereocenters. The topological polar surface area (TPSA) is 39.7 Å². The highest BCUT2D eigenvalue weighted by Gasteiger charge is 2.33. The Kier molecular flexibility index (Phi) is 5.90. The zero-order chi connectivity index (χ0) is 14.5. The van der Waals surface area contributed by atoms with E-state index in [-0.39, 0.29) is 6.54 Å². The van der Waals surface area contributed by atoms with E-state index in [2.05, 4.69) is 22.5 Å². The molecule has 112 valence electrons. The lowest BCUT2D eigenvalue weighted by atomic mass is 10.5. The van der Waals surface area contributed by atoms with Crippen LogP contribution in [0.1, 0.15) is 20.3 Å². The molecule has 0 heterocycles. The molecular formula is C12H23F3N4. The molecular weight excluding hydrogens is 257 g/mol. The maximum absolute atomic E-state index is 12.1. The van der Waals surface area contributed by atoms with Crippen molar-refractivity contribution in [3.05, 3.63) is 0 Å². The van der Waals surface area contributed by atoms with Gasteiger partial charge >= 0.3 is 6.18 Å². The van der Waals surface area contributed by atoms with Crippen LogP contribution in [0.4, 0.5) is 13.2 Å². The highest BCUT2D eigenvalue weighted by molar-refractivity contribution is 5.80. The number of nitrogens with one attached hydrogen (secondary N) is 2. The number of aliphatic imine (C=N–C) groups is 1. The number of hydrogen-bond donors (Lipinski definition) is 2. The number of hydrogen-bond acceptors (Lipinski definition) is 2. The SMILES string of the molecule is CCNC(=NCCN(C)CC(F)(F)F)NC1CC1C. The lowest BCUT2D eigenvalue weighted by Crippen LogP contribution is -2.40. The Bertz CT molecular complexity index is 304. The highest BCUT2D eigenvalue weighted by Crippen LogP contribution is 2.28. The Balaban J connectivity index is 2.30. The fourth-order valence-electron chi connectivity index (χ4n) is 1.74. The summed E-state index contributed by atoms with van der Waals surface area (Å²) in [6.45, 7) is 4.60. The van der Waals surface area contributed by atoms with Crippen molar-refractivity contribution in [2.75, 3.05) is 33.2 Å². The molecule has 0 saturated heterocycles. The summed E-state index contributed by atoms with van der Waals surface area (Å²) in [5.41, 5.74) is 0. The average Bonchev–Trinajstić information content (AvgIpc) is 2.91. The van der Waals surface area contributed by atoms with Crippen molar-refractivity contribution >= 4 is 5.96 Å². The van der Waals surface area contributed by atoms with Gasteiger partial charge in [-0.2, -0.15) is 13.2 Å². The van der Waals surface area contributed by atoms with Gasteiger partial charge in [0.15, 0.2) is 5.96 Å². The minimum Gasteiger partial charge on any atom is -0.357 e. The molecule has 4 nitrogen and oxygen atoms in total. The monoisotopic (exact) mass is 280 g/mol. The minimum absolute atomic E-state index is 0.288. The molecule has 7 heteroatoms. The normalized spacial score (nSPS) is 23.6. The Morgan fingerprint density at radius 2 is 2.05 bits per heavy atom. The molecule has 0 aromatic heterocycles. The maximum Gasteiger partial charge on any atom is 0.401 e. The van der Waals surface area contributed by atoms with Crippen LogP contribution in [0.15, 0.2) is 4.99 Å². The van der Waals surface area contributed by atoms with Gasteiger partial charge in [-0.15, -0.1) is 0 Å². The van der Waals surface area contributed by atoms with E-state index in [1.54, 1.807) is 0 Å². The largest absolute Gasteiger partial charge is 0.401 e. The number of halogens is 3. The van der Waals surface area contributed by atoms with Crippen molar-refractivity contribution in [2.45, 2.75) is 32.5 Å². The predicted molar refractivity (Wildman–Crippen MR) is 70.2 cm³/mol. The zero-order valence-corrected chi connectivity index (χ0v) is 11.7. The molecule has 0 bridgehead atoms. The number of nitrogens with zero attached hydrogens (tertiary/aromatic N) is 2. The Morgan fingerprint density at radius 3 is 2.53 bits per heavy atom. The molecule has 2 N–H and O–H groups in total. The first-order valence-corrected chi connectivity index (χ1v) is 6.62. The van der Waals surface area contributed by atoms with Gasteiger partial charge in [-0.25, -0.2) is 0 Å². The van der Waals surface area contributed by atoms with E-state index < -0.39 is 12.7 Å². The molecule has 19 heavy (non-hydrogen) atoms. The van der Waals surface area contributed by atoms with Gasteiger partial charge in [-0.1, -0.05) is 6.92 Å². The molecule has 0 aliphatic heterocycles. The second kappa shape index (κ2) is 6.98. The van der Waals surface area contributed by atoms with Crippen LogP contribution in [0.2, 0.25) is 0 Å².